The number of hydrogen-bond acceptors (Lipinski definition) is 5. The zero-order valence-electron chi connectivity index (χ0n) is 18.9. The summed E-state index contributed by atoms with van der Waals surface area (Å²) in [5.74, 6) is -1.06. The van der Waals surface area contributed by atoms with Crippen molar-refractivity contribution in [2.24, 2.45) is 0 Å². The van der Waals surface area contributed by atoms with E-state index in [4.69, 9.17) is 9.99 Å². The van der Waals surface area contributed by atoms with Gasteiger partial charge in [0, 0.05) is 7.05 Å². The van der Waals surface area contributed by atoms with Gasteiger partial charge < -0.3 is 14.5 Å². The lowest BCUT2D eigenvalue weighted by Gasteiger charge is -2.18. The van der Waals surface area contributed by atoms with Crippen LogP contribution in [0.15, 0.2) is 66.7 Å². The van der Waals surface area contributed by atoms with Crippen LogP contribution >= 0.6 is 7.60 Å². The Morgan fingerprint density at radius 2 is 1.58 bits per heavy atom. The van der Waals surface area contributed by atoms with Gasteiger partial charge in [0.15, 0.2) is 0 Å². The van der Waals surface area contributed by atoms with Crippen LogP contribution in [0, 0.1) is 5.82 Å². The van der Waals surface area contributed by atoms with Crippen LogP contribution in [0.2, 0.25) is 0 Å². The van der Waals surface area contributed by atoms with Crippen LogP contribution in [0.3, 0.4) is 0 Å². The van der Waals surface area contributed by atoms with Gasteiger partial charge in [-0.15, -0.1) is 0 Å². The lowest BCUT2D eigenvalue weighted by Crippen LogP contribution is -2.31. The summed E-state index contributed by atoms with van der Waals surface area (Å²) in [5, 5.41) is 8.39. The number of ether oxygens (including phenoxy) is 1. The van der Waals surface area contributed by atoms with Gasteiger partial charge in [0.2, 0.25) is 0 Å². The predicted octanol–water partition coefficient (Wildman–Crippen LogP) is 5.84. The molecule has 0 aromatic heterocycles. The molecule has 0 aliphatic heterocycles. The van der Waals surface area contributed by atoms with Gasteiger partial charge >= 0.3 is 13.8 Å². The molecule has 0 radical (unpaired) electrons. The Hall–Kier alpha value is -3.24. The van der Waals surface area contributed by atoms with E-state index in [-0.39, 0.29) is 24.3 Å². The van der Waals surface area contributed by atoms with Crippen molar-refractivity contribution in [3.8, 4) is 16.9 Å². The average molecular weight is 527 g/mol. The number of hydrogen-bond donors (Lipinski definition) is 2. The van der Waals surface area contributed by atoms with E-state index in [1.165, 1.54) is 36.2 Å². The van der Waals surface area contributed by atoms with E-state index >= 15 is 0 Å². The van der Waals surface area contributed by atoms with Crippen molar-refractivity contribution in [3.05, 3.63) is 89.2 Å². The molecule has 1 unspecified atom stereocenters. The summed E-state index contributed by atoms with van der Waals surface area (Å²) in [6, 6.07) is 14.8. The molecule has 0 aliphatic rings. The first-order chi connectivity index (χ1) is 16.9. The molecular weight excluding hydrogens is 505 g/mol. The second-order valence-corrected chi connectivity index (χ2v) is 9.62. The number of benzene rings is 3. The van der Waals surface area contributed by atoms with Gasteiger partial charge in [0.25, 0.3) is 5.91 Å². The summed E-state index contributed by atoms with van der Waals surface area (Å²) in [6.45, 7) is 0.202. The first kappa shape index (κ1) is 27.3. The van der Waals surface area contributed by atoms with Crippen LogP contribution in [0.5, 0.6) is 5.75 Å². The standard InChI is InChI=1S/C24H22F4NO6P/c1-29(23(30)21-11-2-16(14-22(21)25)15-36(32,33)35-31)12-13-34-20-9-5-18(6-10-20)17-3-7-19(8-4-17)24(26,27)28/h2-11,14,31H,12-13,15H2,1H3,(H,32,33). The second kappa shape index (κ2) is 11.2. The Bertz CT molecular complexity index is 1250. The van der Waals surface area contributed by atoms with Crippen molar-refractivity contribution in [2.45, 2.75) is 12.3 Å². The van der Waals surface area contributed by atoms with Crippen molar-refractivity contribution < 1.29 is 46.5 Å². The molecule has 0 spiro atoms. The van der Waals surface area contributed by atoms with E-state index in [9.17, 15) is 31.8 Å². The molecule has 36 heavy (non-hydrogen) atoms. The molecular formula is C24H22F4NO6P. The molecule has 3 aromatic rings. The second-order valence-electron chi connectivity index (χ2n) is 7.87. The van der Waals surface area contributed by atoms with E-state index < -0.39 is 37.2 Å². The highest BCUT2D eigenvalue weighted by molar-refractivity contribution is 7.51. The number of carbonyl (C=O) groups is 1. The number of nitrogens with zero attached hydrogens (tertiary/aromatic N) is 1. The van der Waals surface area contributed by atoms with Crippen molar-refractivity contribution >= 4 is 13.5 Å². The van der Waals surface area contributed by atoms with Gasteiger partial charge in [-0.1, -0.05) is 30.3 Å². The SMILES string of the molecule is CN(CCOc1ccc(-c2ccc(C(F)(F)F)cc2)cc1)C(=O)c1ccc(CP(=O)(O)OO)cc1F. The Kier molecular flexibility index (Phi) is 8.52. The highest BCUT2D eigenvalue weighted by Gasteiger charge is 2.30. The van der Waals surface area contributed by atoms with Crippen molar-refractivity contribution in [3.63, 3.8) is 0 Å². The van der Waals surface area contributed by atoms with Crippen LogP contribution in [0.4, 0.5) is 17.6 Å². The smallest absolute Gasteiger partial charge is 0.416 e. The van der Waals surface area contributed by atoms with E-state index in [1.807, 2.05) is 0 Å². The maximum absolute atomic E-state index is 14.4. The molecule has 0 aliphatic carbocycles. The number of rotatable bonds is 9. The molecule has 0 fully saturated rings. The maximum atomic E-state index is 14.4. The predicted molar refractivity (Wildman–Crippen MR) is 123 cm³/mol. The fourth-order valence-corrected chi connectivity index (χ4v) is 4.01. The van der Waals surface area contributed by atoms with Crippen LogP contribution in [-0.2, 0) is 21.6 Å². The number of halogens is 4. The summed E-state index contributed by atoms with van der Waals surface area (Å²) in [4.78, 5) is 23.0. The number of amides is 1. The van der Waals surface area contributed by atoms with E-state index in [2.05, 4.69) is 4.67 Å². The Morgan fingerprint density at radius 3 is 2.11 bits per heavy atom. The fourth-order valence-electron chi connectivity index (χ4n) is 3.29. The van der Waals surface area contributed by atoms with Gasteiger partial charge in [0.1, 0.15) is 18.2 Å². The minimum Gasteiger partial charge on any atom is -0.492 e. The first-order valence-corrected chi connectivity index (χ1v) is 12.3. The quantitative estimate of drug-likeness (QED) is 0.157. The molecule has 192 valence electrons. The van der Waals surface area contributed by atoms with Gasteiger partial charge in [-0.05, 0) is 53.1 Å². The molecule has 0 saturated heterocycles. The third kappa shape index (κ3) is 7.14. The molecule has 0 bridgehead atoms. The highest BCUT2D eigenvalue weighted by atomic mass is 31.2. The average Bonchev–Trinajstić information content (AvgIpc) is 2.83. The molecule has 2 N–H and O–H groups in total. The number of alkyl halides is 3. The van der Waals surface area contributed by atoms with E-state index in [1.54, 1.807) is 24.3 Å². The number of carbonyl (C=O) groups excluding carboxylic acids is 1. The topological polar surface area (TPSA) is 96.3 Å². The van der Waals surface area contributed by atoms with E-state index in [0.29, 0.717) is 16.9 Å². The van der Waals surface area contributed by atoms with E-state index in [0.717, 1.165) is 18.2 Å². The van der Waals surface area contributed by atoms with Gasteiger partial charge in [-0.2, -0.15) is 17.8 Å². The molecule has 1 atom stereocenters. The summed E-state index contributed by atoms with van der Waals surface area (Å²) in [7, 11) is -2.86. The van der Waals surface area contributed by atoms with Gasteiger partial charge in [0.05, 0.1) is 23.8 Å². The molecule has 3 aromatic carbocycles. The maximum Gasteiger partial charge on any atom is 0.416 e. The van der Waals surface area contributed by atoms with Gasteiger partial charge in [-0.25, -0.2) is 9.65 Å². The molecule has 0 saturated carbocycles. The summed E-state index contributed by atoms with van der Waals surface area (Å²) >= 11 is 0. The zero-order valence-corrected chi connectivity index (χ0v) is 19.8. The summed E-state index contributed by atoms with van der Waals surface area (Å²) in [6.07, 6.45) is -5.03. The molecule has 3 rings (SSSR count). The third-order valence-electron chi connectivity index (χ3n) is 5.22. The first-order valence-electron chi connectivity index (χ1n) is 10.5. The minimum absolute atomic E-state index is 0.0645. The Morgan fingerprint density at radius 1 is 1.00 bits per heavy atom. The fraction of sp³-hybridized carbons (Fsp3) is 0.208. The molecule has 7 nitrogen and oxygen atoms in total. The minimum atomic E-state index is -4.40. The normalized spacial score (nSPS) is 13.2. The van der Waals surface area contributed by atoms with Crippen molar-refractivity contribution in [2.75, 3.05) is 20.2 Å². The van der Waals surface area contributed by atoms with Crippen molar-refractivity contribution in [1.82, 2.24) is 4.90 Å². The highest BCUT2D eigenvalue weighted by Crippen LogP contribution is 2.44. The van der Waals surface area contributed by atoms with Crippen molar-refractivity contribution in [1.29, 1.82) is 0 Å². The zero-order chi connectivity index (χ0) is 26.5. The third-order valence-corrected chi connectivity index (χ3v) is 6.24. The molecule has 12 heteroatoms. The summed E-state index contributed by atoms with van der Waals surface area (Å²) < 4.78 is 73.0. The van der Waals surface area contributed by atoms with Crippen LogP contribution in [0.1, 0.15) is 21.5 Å². The summed E-state index contributed by atoms with van der Waals surface area (Å²) in [5.41, 5.74) is 0.395. The van der Waals surface area contributed by atoms with Gasteiger partial charge in [-0.3, -0.25) is 9.36 Å². The lowest BCUT2D eigenvalue weighted by atomic mass is 10.0. The number of likely N-dealkylation sites (N-methyl/N-ethyl adjacent to an activating group) is 1. The molecule has 1 amide bonds. The Labute approximate surface area is 204 Å². The van der Waals surface area contributed by atoms with Crippen LogP contribution in [-0.4, -0.2) is 41.2 Å². The van der Waals surface area contributed by atoms with Crippen LogP contribution in [0.25, 0.3) is 11.1 Å². The Balaban J connectivity index is 1.54. The largest absolute Gasteiger partial charge is 0.492 e. The monoisotopic (exact) mass is 527 g/mol. The molecule has 0 heterocycles. The lowest BCUT2D eigenvalue weighted by molar-refractivity contribution is -0.146. The van der Waals surface area contributed by atoms with Crippen LogP contribution < -0.4 is 4.74 Å².